The van der Waals surface area contributed by atoms with Crippen molar-refractivity contribution < 1.29 is 8.42 Å². The molecule has 2 aromatic carbocycles. The topological polar surface area (TPSA) is 70.0 Å². The standard InChI is InChI=1S/C14H10BrClN2O2S/c15-12-8-11(6-7-13(12)16)21(19,20)18-14(9-17)10-4-2-1-3-5-10/h1-8,14,18H. The van der Waals surface area contributed by atoms with E-state index in [1.807, 2.05) is 6.07 Å². The Morgan fingerprint density at radius 1 is 1.19 bits per heavy atom. The van der Waals surface area contributed by atoms with Crippen molar-refractivity contribution in [1.29, 1.82) is 5.26 Å². The number of hydrogen-bond donors (Lipinski definition) is 1. The van der Waals surface area contributed by atoms with Crippen LogP contribution in [0.4, 0.5) is 0 Å². The third-order valence-electron chi connectivity index (χ3n) is 2.74. The van der Waals surface area contributed by atoms with Crippen molar-refractivity contribution in [1.82, 2.24) is 4.72 Å². The van der Waals surface area contributed by atoms with Crippen LogP contribution in [-0.4, -0.2) is 8.42 Å². The normalized spacial score (nSPS) is 12.6. The van der Waals surface area contributed by atoms with Crippen LogP contribution in [0, 0.1) is 11.3 Å². The minimum atomic E-state index is -3.82. The van der Waals surface area contributed by atoms with Gasteiger partial charge in [0.2, 0.25) is 10.0 Å². The molecule has 0 aliphatic carbocycles. The van der Waals surface area contributed by atoms with Gasteiger partial charge in [0, 0.05) is 4.47 Å². The second-order valence-electron chi connectivity index (χ2n) is 4.17. The van der Waals surface area contributed by atoms with Gasteiger partial charge in [0.05, 0.1) is 16.0 Å². The zero-order valence-electron chi connectivity index (χ0n) is 10.6. The molecule has 7 heteroatoms. The quantitative estimate of drug-likeness (QED) is 0.873. The summed E-state index contributed by atoms with van der Waals surface area (Å²) < 4.78 is 27.5. The van der Waals surface area contributed by atoms with Gasteiger partial charge in [-0.3, -0.25) is 0 Å². The van der Waals surface area contributed by atoms with Gasteiger partial charge in [-0.15, -0.1) is 0 Å². The molecule has 0 aliphatic rings. The molecule has 0 aliphatic heterocycles. The molecule has 4 nitrogen and oxygen atoms in total. The predicted octanol–water partition coefficient (Wildman–Crippen LogP) is 3.65. The van der Waals surface area contributed by atoms with E-state index in [1.54, 1.807) is 30.3 Å². The fourth-order valence-corrected chi connectivity index (χ4v) is 3.48. The van der Waals surface area contributed by atoms with E-state index in [4.69, 9.17) is 11.6 Å². The number of nitrogens with zero attached hydrogens (tertiary/aromatic N) is 1. The second kappa shape index (κ2) is 6.58. The summed E-state index contributed by atoms with van der Waals surface area (Å²) in [5, 5.41) is 9.59. The maximum Gasteiger partial charge on any atom is 0.242 e. The molecular formula is C14H10BrClN2O2S. The molecule has 108 valence electrons. The first-order valence-corrected chi connectivity index (χ1v) is 8.51. The minimum absolute atomic E-state index is 0.0370. The zero-order valence-corrected chi connectivity index (χ0v) is 13.8. The van der Waals surface area contributed by atoms with Crippen LogP contribution in [0.5, 0.6) is 0 Å². The summed E-state index contributed by atoms with van der Waals surface area (Å²) in [7, 11) is -3.82. The summed E-state index contributed by atoms with van der Waals surface area (Å²) >= 11 is 9.02. The SMILES string of the molecule is N#CC(NS(=O)(=O)c1ccc(Cl)c(Br)c1)c1ccccc1. The van der Waals surface area contributed by atoms with Gasteiger partial charge in [-0.05, 0) is 39.7 Å². The molecule has 1 unspecified atom stereocenters. The van der Waals surface area contributed by atoms with Crippen LogP contribution < -0.4 is 4.72 Å². The Labute approximate surface area is 136 Å². The van der Waals surface area contributed by atoms with E-state index >= 15 is 0 Å². The first kappa shape index (κ1) is 16.0. The lowest BCUT2D eigenvalue weighted by Gasteiger charge is -2.13. The number of halogens is 2. The van der Waals surface area contributed by atoms with Crippen LogP contribution in [-0.2, 0) is 10.0 Å². The van der Waals surface area contributed by atoms with E-state index in [-0.39, 0.29) is 4.90 Å². The van der Waals surface area contributed by atoms with Crippen molar-refractivity contribution in [2.75, 3.05) is 0 Å². The van der Waals surface area contributed by atoms with Crippen LogP contribution >= 0.6 is 27.5 Å². The van der Waals surface area contributed by atoms with Gasteiger partial charge in [0.15, 0.2) is 0 Å². The molecule has 0 saturated heterocycles. The average molecular weight is 386 g/mol. The van der Waals surface area contributed by atoms with E-state index in [9.17, 15) is 13.7 Å². The maximum absolute atomic E-state index is 12.3. The van der Waals surface area contributed by atoms with E-state index in [0.717, 1.165) is 0 Å². The molecule has 21 heavy (non-hydrogen) atoms. The number of sulfonamides is 1. The molecule has 0 saturated carbocycles. The molecule has 0 aromatic heterocycles. The Bertz CT molecular complexity index is 788. The van der Waals surface area contributed by atoms with Crippen molar-refractivity contribution in [3.05, 3.63) is 63.6 Å². The third-order valence-corrected chi connectivity index (χ3v) is 5.37. The first-order chi connectivity index (χ1) is 9.94. The Hall–Kier alpha value is -1.39. The number of rotatable bonds is 4. The summed E-state index contributed by atoms with van der Waals surface area (Å²) in [6, 6.07) is 13.9. The molecule has 0 radical (unpaired) electrons. The first-order valence-electron chi connectivity index (χ1n) is 5.86. The average Bonchev–Trinajstić information content (AvgIpc) is 2.48. The molecular weight excluding hydrogens is 376 g/mol. The van der Waals surface area contributed by atoms with Crippen LogP contribution in [0.15, 0.2) is 57.9 Å². The van der Waals surface area contributed by atoms with Gasteiger partial charge >= 0.3 is 0 Å². The Balaban J connectivity index is 2.32. The van der Waals surface area contributed by atoms with E-state index in [0.29, 0.717) is 15.1 Å². The van der Waals surface area contributed by atoms with Crippen molar-refractivity contribution in [3.63, 3.8) is 0 Å². The molecule has 0 amide bonds. The summed E-state index contributed by atoms with van der Waals surface area (Å²) in [4.78, 5) is 0.0370. The molecule has 1 atom stereocenters. The zero-order chi connectivity index (χ0) is 15.5. The predicted molar refractivity (Wildman–Crippen MR) is 84.3 cm³/mol. The highest BCUT2D eigenvalue weighted by atomic mass is 79.9. The van der Waals surface area contributed by atoms with Crippen molar-refractivity contribution in [2.24, 2.45) is 0 Å². The minimum Gasteiger partial charge on any atom is -0.207 e. The lowest BCUT2D eigenvalue weighted by atomic mass is 10.1. The highest BCUT2D eigenvalue weighted by Gasteiger charge is 2.21. The van der Waals surface area contributed by atoms with Gasteiger partial charge < -0.3 is 0 Å². The summed E-state index contributed by atoms with van der Waals surface area (Å²) in [6.07, 6.45) is 0. The smallest absolute Gasteiger partial charge is 0.207 e. The van der Waals surface area contributed by atoms with Crippen LogP contribution in [0.1, 0.15) is 11.6 Å². The molecule has 2 aromatic rings. The van der Waals surface area contributed by atoms with Gasteiger partial charge in [-0.1, -0.05) is 41.9 Å². The third kappa shape index (κ3) is 3.83. The highest BCUT2D eigenvalue weighted by Crippen LogP contribution is 2.26. The van der Waals surface area contributed by atoms with Gasteiger partial charge in [-0.25, -0.2) is 8.42 Å². The lowest BCUT2D eigenvalue weighted by molar-refractivity contribution is 0.575. The van der Waals surface area contributed by atoms with E-state index in [2.05, 4.69) is 20.7 Å². The number of hydrogen-bond acceptors (Lipinski definition) is 3. The van der Waals surface area contributed by atoms with E-state index in [1.165, 1.54) is 18.2 Å². The summed E-state index contributed by atoms with van der Waals surface area (Å²) in [6.45, 7) is 0. The monoisotopic (exact) mass is 384 g/mol. The lowest BCUT2D eigenvalue weighted by Crippen LogP contribution is -2.27. The fraction of sp³-hybridized carbons (Fsp3) is 0.0714. The van der Waals surface area contributed by atoms with Crippen LogP contribution in [0.3, 0.4) is 0 Å². The van der Waals surface area contributed by atoms with Crippen molar-refractivity contribution in [3.8, 4) is 6.07 Å². The van der Waals surface area contributed by atoms with Gasteiger partial charge in [0.1, 0.15) is 6.04 Å². The number of benzene rings is 2. The molecule has 1 N–H and O–H groups in total. The van der Waals surface area contributed by atoms with Crippen molar-refractivity contribution >= 4 is 37.6 Å². The number of nitriles is 1. The second-order valence-corrected chi connectivity index (χ2v) is 7.15. The van der Waals surface area contributed by atoms with Crippen molar-refractivity contribution in [2.45, 2.75) is 10.9 Å². The Morgan fingerprint density at radius 2 is 1.86 bits per heavy atom. The Morgan fingerprint density at radius 3 is 2.43 bits per heavy atom. The van der Waals surface area contributed by atoms with Gasteiger partial charge in [0.25, 0.3) is 0 Å². The van der Waals surface area contributed by atoms with Gasteiger partial charge in [-0.2, -0.15) is 9.98 Å². The largest absolute Gasteiger partial charge is 0.242 e. The molecule has 0 bridgehead atoms. The van der Waals surface area contributed by atoms with Crippen LogP contribution in [0.25, 0.3) is 0 Å². The Kier molecular flexibility index (Phi) is 5.01. The molecule has 0 spiro atoms. The number of nitrogens with one attached hydrogen (secondary N) is 1. The maximum atomic E-state index is 12.3. The highest BCUT2D eigenvalue weighted by molar-refractivity contribution is 9.10. The molecule has 0 fully saturated rings. The van der Waals surface area contributed by atoms with E-state index < -0.39 is 16.1 Å². The molecule has 0 heterocycles. The summed E-state index contributed by atoms with van der Waals surface area (Å²) in [5.41, 5.74) is 0.580. The van der Waals surface area contributed by atoms with Crippen LogP contribution in [0.2, 0.25) is 5.02 Å². The summed E-state index contributed by atoms with van der Waals surface area (Å²) in [5.74, 6) is 0. The fourth-order valence-electron chi connectivity index (χ4n) is 1.68. The molecule has 2 rings (SSSR count).